The predicted molar refractivity (Wildman–Crippen MR) is 144 cm³/mol. The van der Waals surface area contributed by atoms with Crippen LogP contribution in [0.1, 0.15) is 58.2 Å². The fraction of sp³-hybridized carbons (Fsp3) is 0.367. The molecule has 2 atom stereocenters. The first-order chi connectivity index (χ1) is 18.3. The van der Waals surface area contributed by atoms with Crippen molar-refractivity contribution in [2.75, 3.05) is 25.1 Å². The van der Waals surface area contributed by atoms with E-state index >= 15 is 0 Å². The number of aromatic carboxylic acids is 1. The van der Waals surface area contributed by atoms with Crippen LogP contribution in [0.2, 0.25) is 0 Å². The molecule has 5 rings (SSSR count). The monoisotopic (exact) mass is 516 g/mol. The van der Waals surface area contributed by atoms with Gasteiger partial charge in [0.1, 0.15) is 5.56 Å². The van der Waals surface area contributed by atoms with Gasteiger partial charge < -0.3 is 24.0 Å². The zero-order valence-electron chi connectivity index (χ0n) is 21.8. The number of pyridine rings is 1. The van der Waals surface area contributed by atoms with Crippen LogP contribution in [0.5, 0.6) is 0 Å². The van der Waals surface area contributed by atoms with Gasteiger partial charge in [-0.3, -0.25) is 4.79 Å². The molecule has 2 unspecified atom stereocenters. The van der Waals surface area contributed by atoms with Gasteiger partial charge in [-0.2, -0.15) is 0 Å². The Labute approximate surface area is 221 Å². The molecule has 1 aromatic heterocycles. The van der Waals surface area contributed by atoms with Crippen LogP contribution in [-0.2, 0) is 22.5 Å². The second kappa shape index (κ2) is 10.5. The Morgan fingerprint density at radius 2 is 1.87 bits per heavy atom. The van der Waals surface area contributed by atoms with Crippen molar-refractivity contribution in [3.05, 3.63) is 87.2 Å². The van der Waals surface area contributed by atoms with Crippen LogP contribution in [0.3, 0.4) is 0 Å². The number of hydrogen-bond donors (Lipinski definition) is 1. The number of hydrogen-bond acceptors (Lipinski definition) is 6. The number of nitrogens with zero attached hydrogens (tertiary/aromatic N) is 2. The third-order valence-electron chi connectivity index (χ3n) is 7.58. The van der Waals surface area contributed by atoms with Crippen LogP contribution >= 0.6 is 0 Å². The van der Waals surface area contributed by atoms with E-state index in [2.05, 4.69) is 18.7 Å². The first-order valence-corrected chi connectivity index (χ1v) is 12.9. The summed E-state index contributed by atoms with van der Waals surface area (Å²) in [5.41, 5.74) is 3.89. The molecule has 0 spiro atoms. The average molecular weight is 517 g/mol. The second-order valence-corrected chi connectivity index (χ2v) is 10.3. The summed E-state index contributed by atoms with van der Waals surface area (Å²) in [4.78, 5) is 39.4. The summed E-state index contributed by atoms with van der Waals surface area (Å²) in [6.45, 7) is 6.09. The van der Waals surface area contributed by atoms with E-state index in [0.717, 1.165) is 35.3 Å². The summed E-state index contributed by atoms with van der Waals surface area (Å²) in [5.74, 6) is -1.52. The van der Waals surface area contributed by atoms with Crippen LogP contribution in [0.4, 0.5) is 5.69 Å². The van der Waals surface area contributed by atoms with Crippen molar-refractivity contribution in [2.45, 2.75) is 45.4 Å². The highest BCUT2D eigenvalue weighted by molar-refractivity contribution is 5.98. The quantitative estimate of drug-likeness (QED) is 0.460. The molecule has 198 valence electrons. The Morgan fingerprint density at radius 3 is 2.55 bits per heavy atom. The molecule has 0 saturated carbocycles. The number of anilines is 1. The highest BCUT2D eigenvalue weighted by Gasteiger charge is 2.32. The van der Waals surface area contributed by atoms with Gasteiger partial charge >= 0.3 is 11.9 Å². The summed E-state index contributed by atoms with van der Waals surface area (Å²) in [5, 5.41) is 9.53. The highest BCUT2D eigenvalue weighted by atomic mass is 16.5. The van der Waals surface area contributed by atoms with Gasteiger partial charge in [0.05, 0.1) is 36.8 Å². The van der Waals surface area contributed by atoms with Gasteiger partial charge in [-0.1, -0.05) is 44.2 Å². The van der Waals surface area contributed by atoms with Crippen LogP contribution < -0.4 is 10.3 Å². The topological polar surface area (TPSA) is 98.1 Å². The number of esters is 1. The first-order valence-electron chi connectivity index (χ1n) is 12.9. The zero-order chi connectivity index (χ0) is 27.0. The summed E-state index contributed by atoms with van der Waals surface area (Å²) >= 11 is 0. The molecule has 1 N–H and O–H groups in total. The van der Waals surface area contributed by atoms with Crippen molar-refractivity contribution in [3.63, 3.8) is 0 Å². The first kappa shape index (κ1) is 25.7. The molecular weight excluding hydrogens is 484 g/mol. The summed E-state index contributed by atoms with van der Waals surface area (Å²) in [6, 6.07) is 15.2. The third-order valence-corrected chi connectivity index (χ3v) is 7.58. The molecule has 3 aromatic rings. The number of fused-ring (bicyclic) bond motifs is 3. The van der Waals surface area contributed by atoms with Crippen molar-refractivity contribution in [3.8, 4) is 11.3 Å². The van der Waals surface area contributed by atoms with Gasteiger partial charge in [-0.25, -0.2) is 9.59 Å². The molecule has 0 bridgehead atoms. The molecule has 1 saturated heterocycles. The summed E-state index contributed by atoms with van der Waals surface area (Å²) < 4.78 is 13.2. The Bertz CT molecular complexity index is 1430. The van der Waals surface area contributed by atoms with E-state index < -0.39 is 17.4 Å². The maximum atomic E-state index is 12.9. The van der Waals surface area contributed by atoms with E-state index in [1.54, 1.807) is 6.07 Å². The van der Waals surface area contributed by atoms with Crippen LogP contribution in [0, 0.1) is 5.92 Å². The highest BCUT2D eigenvalue weighted by Crippen LogP contribution is 2.41. The number of aromatic nitrogens is 1. The van der Waals surface area contributed by atoms with Gasteiger partial charge in [-0.05, 0) is 42.0 Å². The number of carbonyl (C=O) groups is 2. The van der Waals surface area contributed by atoms with E-state index in [-0.39, 0.29) is 23.6 Å². The standard InChI is InChI=1S/C30H32N2O6/c1-18(2)25-11-20-12-26(31-10-9-21(15-31)38-17-19-7-5-4-6-8-19)23(30(36)37-3)13-22(20)27-14-28(33)24(29(34)35)16-32(25)27/h4-8,12-14,16,18,21,25H,9-11,15,17H2,1-3H3,(H,34,35). The molecule has 2 aliphatic rings. The van der Waals surface area contributed by atoms with E-state index in [9.17, 15) is 19.5 Å². The molecule has 0 amide bonds. The lowest BCUT2D eigenvalue weighted by molar-refractivity contribution is 0.0551. The Hall–Kier alpha value is -3.91. The number of rotatable bonds is 7. The van der Waals surface area contributed by atoms with E-state index in [1.807, 2.05) is 41.0 Å². The number of benzene rings is 2. The molecule has 3 heterocycles. The molecule has 0 aliphatic carbocycles. The maximum Gasteiger partial charge on any atom is 0.341 e. The molecule has 2 aliphatic heterocycles. The normalized spacial score (nSPS) is 18.3. The lowest BCUT2D eigenvalue weighted by Crippen LogP contribution is -2.29. The Kier molecular flexibility index (Phi) is 7.08. The molecule has 0 radical (unpaired) electrons. The SMILES string of the molecule is COC(=O)c1cc2c(cc1N1CCC(OCc3ccccc3)C1)CC(C(C)C)n1cc(C(=O)O)c(=O)cc1-2. The third kappa shape index (κ3) is 4.84. The lowest BCUT2D eigenvalue weighted by atomic mass is 9.86. The lowest BCUT2D eigenvalue weighted by Gasteiger charge is -2.34. The molecule has 38 heavy (non-hydrogen) atoms. The minimum Gasteiger partial charge on any atom is -0.477 e. The molecule has 2 aromatic carbocycles. The van der Waals surface area contributed by atoms with Crippen molar-refractivity contribution in [1.82, 2.24) is 4.57 Å². The van der Waals surface area contributed by atoms with E-state index in [0.29, 0.717) is 30.8 Å². The number of carboxylic acid groups (broad SMARTS) is 1. The van der Waals surface area contributed by atoms with Gasteiger partial charge in [0.15, 0.2) is 5.43 Å². The Balaban J connectivity index is 1.52. The predicted octanol–water partition coefficient (Wildman–Crippen LogP) is 4.55. The van der Waals surface area contributed by atoms with Gasteiger partial charge in [0.25, 0.3) is 0 Å². The fourth-order valence-electron chi connectivity index (χ4n) is 5.53. The minimum atomic E-state index is -1.25. The van der Waals surface area contributed by atoms with Crippen molar-refractivity contribution in [1.29, 1.82) is 0 Å². The van der Waals surface area contributed by atoms with Crippen molar-refractivity contribution in [2.24, 2.45) is 5.92 Å². The molecule has 8 heteroatoms. The number of methoxy groups -OCH3 is 1. The minimum absolute atomic E-state index is 0.0337. The summed E-state index contributed by atoms with van der Waals surface area (Å²) in [6.07, 6.45) is 2.97. The average Bonchev–Trinajstić information content (AvgIpc) is 3.39. The van der Waals surface area contributed by atoms with E-state index in [4.69, 9.17) is 9.47 Å². The van der Waals surface area contributed by atoms with Crippen LogP contribution in [0.25, 0.3) is 11.3 Å². The van der Waals surface area contributed by atoms with Crippen LogP contribution in [-0.4, -0.2) is 47.9 Å². The number of carboxylic acids is 1. The van der Waals surface area contributed by atoms with Gasteiger partial charge in [0, 0.05) is 37.0 Å². The number of ether oxygens (including phenoxy) is 2. The molecule has 8 nitrogen and oxygen atoms in total. The van der Waals surface area contributed by atoms with E-state index in [1.165, 1.54) is 19.4 Å². The Morgan fingerprint density at radius 1 is 1.11 bits per heavy atom. The van der Waals surface area contributed by atoms with Crippen molar-refractivity contribution < 1.29 is 24.2 Å². The van der Waals surface area contributed by atoms with Crippen LogP contribution in [0.15, 0.2) is 59.5 Å². The fourth-order valence-corrected chi connectivity index (χ4v) is 5.53. The van der Waals surface area contributed by atoms with Gasteiger partial charge in [0.2, 0.25) is 0 Å². The smallest absolute Gasteiger partial charge is 0.341 e. The molecular formula is C30H32N2O6. The molecule has 1 fully saturated rings. The van der Waals surface area contributed by atoms with Gasteiger partial charge in [-0.15, -0.1) is 0 Å². The maximum absolute atomic E-state index is 12.9. The zero-order valence-corrected chi connectivity index (χ0v) is 21.8. The number of carbonyl (C=O) groups excluding carboxylic acids is 1. The van der Waals surface area contributed by atoms with Crippen molar-refractivity contribution >= 4 is 17.6 Å². The second-order valence-electron chi connectivity index (χ2n) is 10.3. The largest absolute Gasteiger partial charge is 0.477 e. The summed E-state index contributed by atoms with van der Waals surface area (Å²) in [7, 11) is 1.35.